The number of aliphatic carboxylic acids is 1. The minimum Gasteiger partial charge on any atom is -0.480 e. The summed E-state index contributed by atoms with van der Waals surface area (Å²) in [4.78, 5) is 54.8. The maximum absolute atomic E-state index is 12.6. The number of nitrogens with zero attached hydrogens (tertiary/aromatic N) is 2. The summed E-state index contributed by atoms with van der Waals surface area (Å²) in [6.07, 6.45) is 0. The SMILES string of the molecule is CC(=O)SCC(C)C(=O)N(CC(=O)O)C(=O)c1nc2ccccc2[nH]1. The average Bonchev–Trinajstić information content (AvgIpc) is 3.00. The average molecular weight is 363 g/mol. The topological polar surface area (TPSA) is 120 Å². The lowest BCUT2D eigenvalue weighted by Crippen LogP contribution is -2.44. The highest BCUT2D eigenvalue weighted by molar-refractivity contribution is 8.13. The van der Waals surface area contributed by atoms with Gasteiger partial charge >= 0.3 is 5.97 Å². The van der Waals surface area contributed by atoms with E-state index in [-0.39, 0.29) is 16.7 Å². The quantitative estimate of drug-likeness (QED) is 0.798. The minimum atomic E-state index is -1.32. The number of imide groups is 1. The number of nitrogens with one attached hydrogen (secondary N) is 1. The van der Waals surface area contributed by atoms with Crippen molar-refractivity contribution in [3.05, 3.63) is 30.1 Å². The lowest BCUT2D eigenvalue weighted by atomic mass is 10.2. The highest BCUT2D eigenvalue weighted by atomic mass is 32.2. The molecule has 2 rings (SSSR count). The maximum atomic E-state index is 12.6. The molecule has 0 aliphatic heterocycles. The number of imidazole rings is 1. The van der Waals surface area contributed by atoms with Crippen molar-refractivity contribution in [1.82, 2.24) is 14.9 Å². The molecule has 2 N–H and O–H groups in total. The van der Waals surface area contributed by atoms with E-state index in [1.165, 1.54) is 6.92 Å². The van der Waals surface area contributed by atoms with Crippen molar-refractivity contribution in [2.24, 2.45) is 5.92 Å². The predicted octanol–water partition coefficient (Wildman–Crippen LogP) is 1.53. The Morgan fingerprint density at radius 1 is 1.28 bits per heavy atom. The molecule has 2 aromatic rings. The molecule has 0 bridgehead atoms. The van der Waals surface area contributed by atoms with Gasteiger partial charge in [-0.25, -0.2) is 4.98 Å². The van der Waals surface area contributed by atoms with Gasteiger partial charge in [0.25, 0.3) is 5.91 Å². The lowest BCUT2D eigenvalue weighted by molar-refractivity contribution is -0.143. The molecule has 0 aliphatic carbocycles. The first-order chi connectivity index (χ1) is 11.8. The van der Waals surface area contributed by atoms with E-state index in [9.17, 15) is 19.2 Å². The normalized spacial score (nSPS) is 11.9. The van der Waals surface area contributed by atoms with Crippen molar-refractivity contribution in [2.75, 3.05) is 12.3 Å². The monoisotopic (exact) mass is 363 g/mol. The van der Waals surface area contributed by atoms with E-state index in [0.717, 1.165) is 11.8 Å². The zero-order valence-electron chi connectivity index (χ0n) is 13.7. The van der Waals surface area contributed by atoms with Crippen LogP contribution in [0.15, 0.2) is 24.3 Å². The van der Waals surface area contributed by atoms with E-state index in [1.807, 2.05) is 0 Å². The Bertz CT molecular complexity index is 799. The van der Waals surface area contributed by atoms with Crippen molar-refractivity contribution in [1.29, 1.82) is 0 Å². The first-order valence-corrected chi connectivity index (χ1v) is 8.43. The molecule has 0 aliphatic rings. The Kier molecular flexibility index (Phi) is 5.92. The number of para-hydroxylation sites is 2. The summed E-state index contributed by atoms with van der Waals surface area (Å²) in [7, 11) is 0. The number of benzene rings is 1. The molecule has 9 heteroatoms. The first-order valence-electron chi connectivity index (χ1n) is 7.45. The summed E-state index contributed by atoms with van der Waals surface area (Å²) in [6, 6.07) is 6.92. The Labute approximate surface area is 147 Å². The third-order valence-corrected chi connectivity index (χ3v) is 4.43. The van der Waals surface area contributed by atoms with Crippen LogP contribution in [-0.4, -0.2) is 55.2 Å². The summed E-state index contributed by atoms with van der Waals surface area (Å²) >= 11 is 0.947. The molecule has 132 valence electrons. The number of carboxylic acid groups (broad SMARTS) is 1. The Morgan fingerprint density at radius 3 is 2.56 bits per heavy atom. The molecular formula is C16H17N3O5S. The van der Waals surface area contributed by atoms with Crippen molar-refractivity contribution in [3.63, 3.8) is 0 Å². The van der Waals surface area contributed by atoms with E-state index >= 15 is 0 Å². The highest BCUT2D eigenvalue weighted by Gasteiger charge is 2.30. The Hall–Kier alpha value is -2.68. The van der Waals surface area contributed by atoms with E-state index in [0.29, 0.717) is 15.9 Å². The third-order valence-electron chi connectivity index (χ3n) is 3.35. The second-order valence-corrected chi connectivity index (χ2v) is 6.63. The van der Waals surface area contributed by atoms with Gasteiger partial charge < -0.3 is 10.1 Å². The zero-order chi connectivity index (χ0) is 18.6. The number of hydrogen-bond donors (Lipinski definition) is 2. The van der Waals surface area contributed by atoms with Crippen molar-refractivity contribution in [2.45, 2.75) is 13.8 Å². The molecule has 25 heavy (non-hydrogen) atoms. The molecule has 0 saturated heterocycles. The maximum Gasteiger partial charge on any atom is 0.323 e. The molecule has 1 unspecified atom stereocenters. The van der Waals surface area contributed by atoms with Gasteiger partial charge in [-0.1, -0.05) is 30.8 Å². The number of carbonyl (C=O) groups excluding carboxylic acids is 3. The second kappa shape index (κ2) is 7.93. The Morgan fingerprint density at radius 2 is 1.96 bits per heavy atom. The van der Waals surface area contributed by atoms with Crippen LogP contribution in [0.3, 0.4) is 0 Å². The molecule has 8 nitrogen and oxygen atoms in total. The van der Waals surface area contributed by atoms with Gasteiger partial charge in [0.05, 0.1) is 11.0 Å². The van der Waals surface area contributed by atoms with E-state index < -0.39 is 30.2 Å². The Balaban J connectivity index is 2.25. The largest absolute Gasteiger partial charge is 0.480 e. The van der Waals surface area contributed by atoms with Crippen LogP contribution >= 0.6 is 11.8 Å². The van der Waals surface area contributed by atoms with Gasteiger partial charge in [0.2, 0.25) is 5.91 Å². The van der Waals surface area contributed by atoms with Gasteiger partial charge in [-0.05, 0) is 12.1 Å². The van der Waals surface area contributed by atoms with Crippen LogP contribution < -0.4 is 0 Å². The molecule has 0 fully saturated rings. The van der Waals surface area contributed by atoms with Gasteiger partial charge in [-0.15, -0.1) is 0 Å². The number of aromatic amines is 1. The van der Waals surface area contributed by atoms with E-state index in [2.05, 4.69) is 9.97 Å². The van der Waals surface area contributed by atoms with Gasteiger partial charge in [0.15, 0.2) is 10.9 Å². The zero-order valence-corrected chi connectivity index (χ0v) is 14.5. The number of amides is 2. The summed E-state index contributed by atoms with van der Waals surface area (Å²) < 4.78 is 0. The minimum absolute atomic E-state index is 0.109. The number of fused-ring (bicyclic) bond motifs is 1. The van der Waals surface area contributed by atoms with Crippen LogP contribution in [0.25, 0.3) is 11.0 Å². The van der Waals surface area contributed by atoms with Crippen molar-refractivity contribution < 1.29 is 24.3 Å². The van der Waals surface area contributed by atoms with Crippen molar-refractivity contribution in [3.8, 4) is 0 Å². The number of H-pyrrole nitrogens is 1. The van der Waals surface area contributed by atoms with Crippen LogP contribution in [0.1, 0.15) is 24.5 Å². The molecule has 0 spiro atoms. The standard InChI is InChI=1S/C16H17N3O5S/c1-9(8-25-10(2)20)15(23)19(7-13(21)22)16(24)14-17-11-5-3-4-6-12(11)18-14/h3-6,9H,7-8H2,1-2H3,(H,17,18)(H,21,22). The molecule has 1 atom stereocenters. The predicted molar refractivity (Wildman–Crippen MR) is 92.1 cm³/mol. The van der Waals surface area contributed by atoms with Gasteiger partial charge in [-0.2, -0.15) is 0 Å². The van der Waals surface area contributed by atoms with Crippen LogP contribution in [-0.2, 0) is 14.4 Å². The van der Waals surface area contributed by atoms with Crippen LogP contribution in [0.4, 0.5) is 0 Å². The van der Waals surface area contributed by atoms with E-state index in [1.54, 1.807) is 31.2 Å². The van der Waals surface area contributed by atoms with Gasteiger partial charge in [-0.3, -0.25) is 24.1 Å². The highest BCUT2D eigenvalue weighted by Crippen LogP contribution is 2.16. The fourth-order valence-corrected chi connectivity index (χ4v) is 2.77. The van der Waals surface area contributed by atoms with Crippen LogP contribution in [0.5, 0.6) is 0 Å². The summed E-state index contributed by atoms with van der Waals surface area (Å²) in [5, 5.41) is 8.87. The molecule has 2 amide bonds. The van der Waals surface area contributed by atoms with Crippen LogP contribution in [0.2, 0.25) is 0 Å². The van der Waals surface area contributed by atoms with E-state index in [4.69, 9.17) is 5.11 Å². The third kappa shape index (κ3) is 4.66. The fourth-order valence-electron chi connectivity index (χ4n) is 2.15. The molecule has 0 saturated carbocycles. The lowest BCUT2D eigenvalue weighted by Gasteiger charge is -2.21. The summed E-state index contributed by atoms with van der Waals surface area (Å²) in [5.74, 6) is -3.43. The molecule has 1 aromatic heterocycles. The summed E-state index contributed by atoms with van der Waals surface area (Å²) in [5.41, 5.74) is 1.14. The summed E-state index contributed by atoms with van der Waals surface area (Å²) in [6.45, 7) is 2.14. The van der Waals surface area contributed by atoms with Crippen molar-refractivity contribution >= 4 is 45.7 Å². The molecule has 1 aromatic carbocycles. The number of rotatable bonds is 6. The molecule has 0 radical (unpaired) electrons. The van der Waals surface area contributed by atoms with Gasteiger partial charge in [0, 0.05) is 18.6 Å². The second-order valence-electron chi connectivity index (χ2n) is 5.43. The molecular weight excluding hydrogens is 346 g/mol. The number of carbonyl (C=O) groups is 4. The number of carboxylic acids is 1. The fraction of sp³-hybridized carbons (Fsp3) is 0.312. The smallest absolute Gasteiger partial charge is 0.323 e. The molecule has 1 heterocycles. The first kappa shape index (κ1) is 18.7. The number of hydrogen-bond acceptors (Lipinski definition) is 6. The number of aromatic nitrogens is 2. The number of thioether (sulfide) groups is 1. The van der Waals surface area contributed by atoms with Gasteiger partial charge in [0.1, 0.15) is 6.54 Å². The van der Waals surface area contributed by atoms with Crippen LogP contribution in [0, 0.1) is 5.92 Å².